The molecule has 2 aliphatic rings. The van der Waals surface area contributed by atoms with Gasteiger partial charge >= 0.3 is 5.97 Å². The van der Waals surface area contributed by atoms with Gasteiger partial charge in [-0.2, -0.15) is 0 Å². The first-order chi connectivity index (χ1) is 17.2. The lowest BCUT2D eigenvalue weighted by Gasteiger charge is -2.35. The van der Waals surface area contributed by atoms with Crippen LogP contribution in [0.5, 0.6) is 0 Å². The van der Waals surface area contributed by atoms with Crippen LogP contribution in [0.4, 0.5) is 0 Å². The number of aliphatic hydroxyl groups is 2. The van der Waals surface area contributed by atoms with Crippen LogP contribution in [-0.2, 0) is 19.1 Å². The molecule has 1 aromatic rings. The van der Waals surface area contributed by atoms with Gasteiger partial charge in [0.1, 0.15) is 18.0 Å². The van der Waals surface area contributed by atoms with E-state index in [2.05, 4.69) is 17.2 Å². The van der Waals surface area contributed by atoms with Crippen molar-refractivity contribution in [1.82, 2.24) is 10.3 Å². The Balaban J connectivity index is 1.95. The van der Waals surface area contributed by atoms with Gasteiger partial charge in [0.15, 0.2) is 0 Å². The van der Waals surface area contributed by atoms with Gasteiger partial charge in [0, 0.05) is 11.3 Å². The average molecular weight is 537 g/mol. The Kier molecular flexibility index (Phi) is 9.39. The Morgan fingerprint density at radius 3 is 2.51 bits per heavy atom. The summed E-state index contributed by atoms with van der Waals surface area (Å²) in [7, 11) is 1.82. The largest absolute Gasteiger partial charge is 0.456 e. The number of cyclic esters (lactones) is 1. The number of fused-ring (bicyclic) bond motifs is 1. The SMILES string of the molecule is CNC1[C@@H](C(C)=Cc2csc(C)n2)OC(=O)C[C@H](O)C(C)(C)C(=O)[C@H](C)[C@@H](O)[C@@H](C)CCC[C@@]2(C)O[C@@H]12. The third-order valence-electron chi connectivity index (χ3n) is 8.32. The number of nitrogens with zero attached hydrogens (tertiary/aromatic N) is 1. The highest BCUT2D eigenvalue weighted by Crippen LogP contribution is 2.45. The van der Waals surface area contributed by atoms with Crippen LogP contribution in [0.25, 0.3) is 6.08 Å². The number of hydrogen-bond acceptors (Lipinski definition) is 9. The summed E-state index contributed by atoms with van der Waals surface area (Å²) in [4.78, 5) is 31.0. The maximum absolute atomic E-state index is 13.3. The standard InChI is InChI=1S/C28H44N2O6S/c1-15-10-9-11-28(7)26(36-28)22(29-8)24(16(2)12-19-14-37-18(4)30-19)35-21(32)13-20(31)27(5,6)25(34)17(3)23(15)33/h12,14-15,17,20,22-24,26,29,31,33H,9-11,13H2,1-8H3/t15-,17+,20-,22?,23-,24+,26-,28+/m0/s1. The van der Waals surface area contributed by atoms with E-state index in [1.165, 1.54) is 0 Å². The number of esters is 1. The van der Waals surface area contributed by atoms with Crippen LogP contribution in [-0.4, -0.2) is 70.1 Å². The molecule has 0 bridgehead atoms. The van der Waals surface area contributed by atoms with Crippen LogP contribution in [0.3, 0.4) is 0 Å². The Morgan fingerprint density at radius 2 is 1.92 bits per heavy atom. The van der Waals surface area contributed by atoms with Crippen molar-refractivity contribution in [2.75, 3.05) is 7.05 Å². The second-order valence-corrected chi connectivity index (χ2v) is 12.8. The molecule has 0 aliphatic carbocycles. The van der Waals surface area contributed by atoms with Gasteiger partial charge < -0.3 is 25.0 Å². The Bertz CT molecular complexity index is 1010. The molecule has 8 nitrogen and oxygen atoms in total. The van der Waals surface area contributed by atoms with Crippen LogP contribution < -0.4 is 5.32 Å². The zero-order valence-electron chi connectivity index (χ0n) is 23.4. The monoisotopic (exact) mass is 536 g/mol. The topological polar surface area (TPSA) is 121 Å². The van der Waals surface area contributed by atoms with Crippen molar-refractivity contribution < 1.29 is 29.3 Å². The number of aromatic nitrogens is 1. The van der Waals surface area contributed by atoms with Gasteiger partial charge in [0.25, 0.3) is 0 Å². The minimum Gasteiger partial charge on any atom is -0.456 e. The number of carbonyl (C=O) groups excluding carboxylic acids is 2. The number of Topliss-reactive ketones (excluding diaryl/α,β-unsaturated/α-hetero) is 1. The fourth-order valence-electron chi connectivity index (χ4n) is 5.53. The van der Waals surface area contributed by atoms with Crippen LogP contribution in [0.15, 0.2) is 11.0 Å². The van der Waals surface area contributed by atoms with Gasteiger partial charge in [0.2, 0.25) is 0 Å². The highest BCUT2D eigenvalue weighted by molar-refractivity contribution is 7.09. The summed E-state index contributed by atoms with van der Waals surface area (Å²) in [5.74, 6) is -1.63. The summed E-state index contributed by atoms with van der Waals surface area (Å²) in [5, 5.41) is 28.1. The molecule has 1 aromatic heterocycles. The molecular formula is C28H44N2O6S. The van der Waals surface area contributed by atoms with Crippen LogP contribution in [0, 0.1) is 24.2 Å². The third kappa shape index (κ3) is 6.68. The lowest BCUT2D eigenvalue weighted by Crippen LogP contribution is -2.48. The Morgan fingerprint density at radius 1 is 1.24 bits per heavy atom. The van der Waals surface area contributed by atoms with E-state index >= 15 is 0 Å². The zero-order chi connectivity index (χ0) is 27.7. The van der Waals surface area contributed by atoms with Gasteiger partial charge in [-0.25, -0.2) is 4.98 Å². The van der Waals surface area contributed by atoms with E-state index in [9.17, 15) is 19.8 Å². The number of nitrogens with one attached hydrogen (secondary N) is 1. The molecule has 0 radical (unpaired) electrons. The number of aryl methyl sites for hydroxylation is 1. The van der Waals surface area contributed by atoms with Crippen molar-refractivity contribution in [3.63, 3.8) is 0 Å². The molecule has 9 heteroatoms. The number of likely N-dealkylation sites (N-methyl/N-ethyl adjacent to an activating group) is 1. The lowest BCUT2D eigenvalue weighted by molar-refractivity contribution is -0.155. The molecule has 1 unspecified atom stereocenters. The number of aliphatic hydroxyl groups excluding tert-OH is 2. The molecule has 0 aromatic carbocycles. The van der Waals surface area contributed by atoms with Crippen molar-refractivity contribution >= 4 is 29.2 Å². The van der Waals surface area contributed by atoms with E-state index in [0.29, 0.717) is 0 Å². The highest BCUT2D eigenvalue weighted by atomic mass is 32.1. The highest BCUT2D eigenvalue weighted by Gasteiger charge is 2.58. The second-order valence-electron chi connectivity index (χ2n) is 11.7. The first-order valence-corrected chi connectivity index (χ1v) is 14.1. The molecule has 8 atom stereocenters. The molecule has 0 spiro atoms. The molecular weight excluding hydrogens is 492 g/mol. The van der Waals surface area contributed by atoms with Gasteiger partial charge in [-0.05, 0) is 58.2 Å². The molecule has 3 heterocycles. The van der Waals surface area contributed by atoms with E-state index < -0.39 is 35.6 Å². The van der Waals surface area contributed by atoms with Gasteiger partial charge in [-0.1, -0.05) is 34.1 Å². The fraction of sp³-hybridized carbons (Fsp3) is 0.750. The summed E-state index contributed by atoms with van der Waals surface area (Å²) < 4.78 is 12.2. The Labute approximate surface area is 224 Å². The van der Waals surface area contributed by atoms with Crippen molar-refractivity contribution in [3.8, 4) is 0 Å². The van der Waals surface area contributed by atoms with Crippen LogP contribution >= 0.6 is 11.3 Å². The summed E-state index contributed by atoms with van der Waals surface area (Å²) in [6, 6.07) is -0.312. The molecule has 3 rings (SSSR count). The minimum atomic E-state index is -1.26. The lowest BCUT2D eigenvalue weighted by atomic mass is 9.73. The minimum absolute atomic E-state index is 0.0924. The summed E-state index contributed by atoms with van der Waals surface area (Å²) in [5.41, 5.74) is -0.00603. The summed E-state index contributed by atoms with van der Waals surface area (Å²) >= 11 is 1.55. The number of rotatable bonds is 3. The molecule has 0 saturated carbocycles. The van der Waals surface area contributed by atoms with Crippen molar-refractivity contribution in [2.24, 2.45) is 17.3 Å². The maximum atomic E-state index is 13.3. The number of carbonyl (C=O) groups is 2. The zero-order valence-corrected chi connectivity index (χ0v) is 24.2. The molecule has 37 heavy (non-hydrogen) atoms. The van der Waals surface area contributed by atoms with Gasteiger partial charge in [-0.3, -0.25) is 9.59 Å². The smallest absolute Gasteiger partial charge is 0.309 e. The molecule has 2 fully saturated rings. The predicted octanol–water partition coefficient (Wildman–Crippen LogP) is 3.68. The number of ether oxygens (including phenoxy) is 2. The van der Waals surface area contributed by atoms with Crippen LogP contribution in [0.1, 0.15) is 77.9 Å². The maximum Gasteiger partial charge on any atom is 0.309 e. The predicted molar refractivity (Wildman–Crippen MR) is 144 cm³/mol. The van der Waals surface area contributed by atoms with Gasteiger partial charge in [-0.15, -0.1) is 11.3 Å². The second kappa shape index (κ2) is 11.6. The fourth-order valence-corrected chi connectivity index (χ4v) is 6.10. The molecule has 208 valence electrons. The molecule has 2 aliphatic heterocycles. The third-order valence-corrected chi connectivity index (χ3v) is 9.11. The number of hydrogen-bond donors (Lipinski definition) is 3. The van der Waals surface area contributed by atoms with Crippen molar-refractivity contribution in [1.29, 1.82) is 0 Å². The summed E-state index contributed by atoms with van der Waals surface area (Å²) in [6.07, 6.45) is 1.02. The van der Waals surface area contributed by atoms with Crippen molar-refractivity contribution in [3.05, 3.63) is 21.7 Å². The number of thiazole rings is 1. The van der Waals surface area contributed by atoms with Crippen molar-refractivity contribution in [2.45, 2.75) is 110 Å². The molecule has 0 amide bonds. The quantitative estimate of drug-likeness (QED) is 0.395. The first-order valence-electron chi connectivity index (χ1n) is 13.3. The number of epoxide rings is 1. The van der Waals surface area contributed by atoms with E-state index in [4.69, 9.17) is 9.47 Å². The number of ketones is 1. The summed E-state index contributed by atoms with van der Waals surface area (Å²) in [6.45, 7) is 12.8. The van der Waals surface area contributed by atoms with Crippen LogP contribution in [0.2, 0.25) is 0 Å². The molecule has 3 N–H and O–H groups in total. The van der Waals surface area contributed by atoms with E-state index in [1.807, 2.05) is 39.3 Å². The molecule has 2 saturated heterocycles. The average Bonchev–Trinajstić information content (AvgIpc) is 3.31. The Hall–Kier alpha value is -1.65. The normalized spacial score (nSPS) is 38.1. The first kappa shape index (κ1) is 29.9. The van der Waals surface area contributed by atoms with E-state index in [0.717, 1.165) is 35.5 Å². The van der Waals surface area contributed by atoms with E-state index in [1.54, 1.807) is 32.1 Å². The van der Waals surface area contributed by atoms with Gasteiger partial charge in [0.05, 0.1) is 46.4 Å². The van der Waals surface area contributed by atoms with E-state index in [-0.39, 0.29) is 35.9 Å².